The molecule has 2 aliphatic rings. The van der Waals surface area contributed by atoms with E-state index in [1.807, 2.05) is 18.2 Å². The molecule has 2 heterocycles. The standard InChI is InChI=1S/C13H17NO4S2/c1-2-20(15,16)14-5-8-19-13(14)10-3-4-11-12(9-10)18-7-6-17-11/h3-4,9,13H,2,5-8H2,1H3. The van der Waals surface area contributed by atoms with Crippen molar-refractivity contribution in [2.45, 2.75) is 12.3 Å². The van der Waals surface area contributed by atoms with Crippen LogP contribution in [0.15, 0.2) is 18.2 Å². The molecule has 0 aliphatic carbocycles. The SMILES string of the molecule is CCS(=O)(=O)N1CCSC1c1ccc2c(c1)OCCO2. The van der Waals surface area contributed by atoms with Gasteiger partial charge in [0.25, 0.3) is 0 Å². The molecule has 20 heavy (non-hydrogen) atoms. The summed E-state index contributed by atoms with van der Waals surface area (Å²) in [4.78, 5) is 0. The maximum absolute atomic E-state index is 12.1. The van der Waals surface area contributed by atoms with Crippen LogP contribution in [0.3, 0.4) is 0 Å². The predicted octanol–water partition coefficient (Wildman–Crippen LogP) is 1.85. The number of hydrogen-bond acceptors (Lipinski definition) is 5. The Hall–Kier alpha value is -0.920. The highest BCUT2D eigenvalue weighted by Crippen LogP contribution is 2.42. The minimum absolute atomic E-state index is 0.134. The van der Waals surface area contributed by atoms with Crippen molar-refractivity contribution in [1.82, 2.24) is 4.31 Å². The quantitative estimate of drug-likeness (QED) is 0.852. The van der Waals surface area contributed by atoms with E-state index in [0.717, 1.165) is 17.1 Å². The van der Waals surface area contributed by atoms with Crippen LogP contribution in [0, 0.1) is 0 Å². The third-order valence-corrected chi connectivity index (χ3v) is 6.65. The molecule has 110 valence electrons. The zero-order chi connectivity index (χ0) is 14.2. The van der Waals surface area contributed by atoms with Gasteiger partial charge in [-0.05, 0) is 24.6 Å². The second kappa shape index (κ2) is 5.46. The molecule has 0 bridgehead atoms. The van der Waals surface area contributed by atoms with E-state index >= 15 is 0 Å². The molecular formula is C13H17NO4S2. The lowest BCUT2D eigenvalue weighted by Crippen LogP contribution is -2.31. The number of rotatable bonds is 3. The Bertz CT molecular complexity index is 602. The minimum Gasteiger partial charge on any atom is -0.486 e. The molecule has 3 rings (SSSR count). The molecule has 1 fully saturated rings. The molecule has 1 aromatic rings. The Balaban J connectivity index is 1.92. The fourth-order valence-corrected chi connectivity index (χ4v) is 5.32. The van der Waals surface area contributed by atoms with Crippen LogP contribution < -0.4 is 9.47 Å². The molecule has 0 saturated carbocycles. The Labute approximate surface area is 123 Å². The van der Waals surface area contributed by atoms with Crippen LogP contribution in [0.1, 0.15) is 17.9 Å². The maximum atomic E-state index is 12.1. The van der Waals surface area contributed by atoms with Crippen LogP contribution in [0.25, 0.3) is 0 Å². The van der Waals surface area contributed by atoms with Crippen molar-refractivity contribution in [3.63, 3.8) is 0 Å². The van der Waals surface area contributed by atoms with Gasteiger partial charge in [-0.25, -0.2) is 8.42 Å². The van der Waals surface area contributed by atoms with Gasteiger partial charge in [0, 0.05) is 12.3 Å². The first-order valence-corrected chi connectivity index (χ1v) is 9.28. The monoisotopic (exact) mass is 315 g/mol. The topological polar surface area (TPSA) is 55.8 Å². The summed E-state index contributed by atoms with van der Waals surface area (Å²) in [5.74, 6) is 2.38. The van der Waals surface area contributed by atoms with E-state index in [1.54, 1.807) is 23.0 Å². The van der Waals surface area contributed by atoms with Crippen molar-refractivity contribution >= 4 is 21.8 Å². The van der Waals surface area contributed by atoms with Crippen LogP contribution in [-0.2, 0) is 10.0 Å². The third kappa shape index (κ3) is 2.49. The van der Waals surface area contributed by atoms with Gasteiger partial charge in [-0.15, -0.1) is 11.8 Å². The Morgan fingerprint density at radius 3 is 2.80 bits per heavy atom. The van der Waals surface area contributed by atoms with Crippen molar-refractivity contribution in [2.75, 3.05) is 31.3 Å². The van der Waals surface area contributed by atoms with Crippen LogP contribution in [0.2, 0.25) is 0 Å². The largest absolute Gasteiger partial charge is 0.486 e. The highest BCUT2D eigenvalue weighted by Gasteiger charge is 2.35. The van der Waals surface area contributed by atoms with Crippen molar-refractivity contribution in [3.8, 4) is 11.5 Å². The summed E-state index contributed by atoms with van der Waals surface area (Å²) >= 11 is 1.65. The maximum Gasteiger partial charge on any atom is 0.215 e. The number of benzene rings is 1. The summed E-state index contributed by atoms with van der Waals surface area (Å²) in [6.07, 6.45) is 0. The van der Waals surface area contributed by atoms with E-state index in [2.05, 4.69) is 0 Å². The smallest absolute Gasteiger partial charge is 0.215 e. The third-order valence-electron chi connectivity index (χ3n) is 3.42. The van der Waals surface area contributed by atoms with E-state index in [1.165, 1.54) is 0 Å². The lowest BCUT2D eigenvalue weighted by Gasteiger charge is -2.25. The van der Waals surface area contributed by atoms with Gasteiger partial charge in [0.05, 0.1) is 11.1 Å². The van der Waals surface area contributed by atoms with Gasteiger partial charge in [0.15, 0.2) is 11.5 Å². The normalized spacial score (nSPS) is 22.9. The first-order chi connectivity index (χ1) is 9.62. The summed E-state index contributed by atoms with van der Waals surface area (Å²) in [5.41, 5.74) is 0.953. The Morgan fingerprint density at radius 1 is 1.30 bits per heavy atom. The van der Waals surface area contributed by atoms with E-state index in [-0.39, 0.29) is 11.1 Å². The van der Waals surface area contributed by atoms with E-state index in [9.17, 15) is 8.42 Å². The zero-order valence-corrected chi connectivity index (χ0v) is 12.9. The highest BCUT2D eigenvalue weighted by molar-refractivity contribution is 8.00. The van der Waals surface area contributed by atoms with Crippen LogP contribution >= 0.6 is 11.8 Å². The van der Waals surface area contributed by atoms with Crippen molar-refractivity contribution < 1.29 is 17.9 Å². The molecule has 1 atom stereocenters. The molecule has 0 spiro atoms. The fourth-order valence-electron chi connectivity index (χ4n) is 2.38. The van der Waals surface area contributed by atoms with Crippen molar-refractivity contribution in [1.29, 1.82) is 0 Å². The number of thioether (sulfide) groups is 1. The van der Waals surface area contributed by atoms with Gasteiger partial charge in [0.1, 0.15) is 13.2 Å². The van der Waals surface area contributed by atoms with E-state index in [0.29, 0.717) is 25.5 Å². The van der Waals surface area contributed by atoms with Gasteiger partial charge < -0.3 is 9.47 Å². The number of fused-ring (bicyclic) bond motifs is 1. The summed E-state index contributed by atoms with van der Waals surface area (Å²) in [5, 5.41) is -0.157. The van der Waals surface area contributed by atoms with Crippen LogP contribution in [0.5, 0.6) is 11.5 Å². The summed E-state index contributed by atoms with van der Waals surface area (Å²) in [6.45, 7) is 3.34. The number of ether oxygens (including phenoxy) is 2. The van der Waals surface area contributed by atoms with E-state index in [4.69, 9.17) is 9.47 Å². The van der Waals surface area contributed by atoms with Gasteiger partial charge in [0.2, 0.25) is 10.0 Å². The first-order valence-electron chi connectivity index (χ1n) is 6.62. The molecule has 0 radical (unpaired) electrons. The van der Waals surface area contributed by atoms with Gasteiger partial charge in [-0.1, -0.05) is 6.07 Å². The summed E-state index contributed by atoms with van der Waals surface area (Å²) < 4.78 is 36.9. The average molecular weight is 315 g/mol. The molecule has 1 saturated heterocycles. The Kier molecular flexibility index (Phi) is 3.83. The number of sulfonamides is 1. The van der Waals surface area contributed by atoms with Gasteiger partial charge >= 0.3 is 0 Å². The number of nitrogens with zero attached hydrogens (tertiary/aromatic N) is 1. The van der Waals surface area contributed by atoms with Gasteiger partial charge in [-0.3, -0.25) is 0 Å². The fraction of sp³-hybridized carbons (Fsp3) is 0.538. The molecule has 1 aromatic carbocycles. The molecule has 5 nitrogen and oxygen atoms in total. The lowest BCUT2D eigenvalue weighted by molar-refractivity contribution is 0.171. The second-order valence-electron chi connectivity index (χ2n) is 4.64. The molecule has 1 unspecified atom stereocenters. The van der Waals surface area contributed by atoms with Crippen molar-refractivity contribution in [2.24, 2.45) is 0 Å². The molecule has 0 aromatic heterocycles. The summed E-state index contributed by atoms with van der Waals surface area (Å²) in [6, 6.07) is 5.68. The lowest BCUT2D eigenvalue weighted by atomic mass is 10.2. The first kappa shape index (κ1) is 14.0. The highest BCUT2D eigenvalue weighted by atomic mass is 32.2. The van der Waals surface area contributed by atoms with Gasteiger partial charge in [-0.2, -0.15) is 4.31 Å². The molecule has 7 heteroatoms. The number of hydrogen-bond donors (Lipinski definition) is 0. The molecule has 2 aliphatic heterocycles. The van der Waals surface area contributed by atoms with E-state index < -0.39 is 10.0 Å². The summed E-state index contributed by atoms with van der Waals surface area (Å²) in [7, 11) is -3.18. The molecule has 0 N–H and O–H groups in total. The van der Waals surface area contributed by atoms with Crippen molar-refractivity contribution in [3.05, 3.63) is 23.8 Å². The Morgan fingerprint density at radius 2 is 2.05 bits per heavy atom. The van der Waals surface area contributed by atoms with Crippen LogP contribution in [0.4, 0.5) is 0 Å². The average Bonchev–Trinajstić information content (AvgIpc) is 2.97. The second-order valence-corrected chi connectivity index (χ2v) is 8.04. The van der Waals surface area contributed by atoms with Crippen LogP contribution in [-0.4, -0.2) is 44.0 Å². The molecule has 0 amide bonds. The zero-order valence-electron chi connectivity index (χ0n) is 11.2. The predicted molar refractivity (Wildman–Crippen MR) is 78.8 cm³/mol. The minimum atomic E-state index is -3.18. The molecular weight excluding hydrogens is 298 g/mol.